The molecule has 0 spiro atoms. The number of nitrogens with one attached hydrogen (secondary N) is 1. The number of carbonyl (C=O) groups is 2. The van der Waals surface area contributed by atoms with Gasteiger partial charge in [-0.1, -0.05) is 0 Å². The fraction of sp³-hybridized carbons (Fsp3) is 0.800. The largest absolute Gasteiger partial charge is 1.00 e. The zero-order chi connectivity index (χ0) is 17.7. The summed E-state index contributed by atoms with van der Waals surface area (Å²) in [6, 6.07) is 0. The predicted octanol–water partition coefficient (Wildman–Crippen LogP) is -9.89. The van der Waals surface area contributed by atoms with Crippen LogP contribution in [-0.2, 0) is 9.59 Å². The van der Waals surface area contributed by atoms with E-state index in [4.69, 9.17) is 0 Å². The van der Waals surface area contributed by atoms with Gasteiger partial charge in [-0.05, 0) is 15.6 Å². The maximum Gasteiger partial charge on any atom is 1.00 e. The normalized spacial score (nSPS) is 20.2. The molecule has 0 aromatic heterocycles. The van der Waals surface area contributed by atoms with E-state index >= 15 is 0 Å². The van der Waals surface area contributed by atoms with E-state index in [1.165, 1.54) is 9.80 Å². The van der Waals surface area contributed by atoms with Gasteiger partial charge in [0.2, 0.25) is 0 Å². The molecule has 3 heterocycles. The summed E-state index contributed by atoms with van der Waals surface area (Å²) in [6.07, 6.45) is 0. The molecule has 0 unspecified atom stereocenters. The standard InChI is InChI=1S/C10H18N8O6.2Na/c19-9-10(20)14-2-1-13(9)3-5-15(17(23)11-21)7-8-16(6-4-14)18(24)12-22;;/h11H,1-8H2,(H-,21,22);;/q;2*+1/p-1/b17-11-,18-12-;;. The van der Waals surface area contributed by atoms with Gasteiger partial charge in [0.05, 0.1) is 13.1 Å². The molecule has 0 radical (unpaired) electrons. The van der Waals surface area contributed by atoms with Crippen LogP contribution < -0.4 is 64.4 Å². The average molecular weight is 391 g/mol. The molecule has 0 aliphatic carbocycles. The van der Waals surface area contributed by atoms with Crippen molar-refractivity contribution in [2.45, 2.75) is 0 Å². The first-order valence-electron chi connectivity index (χ1n) is 7.21. The van der Waals surface area contributed by atoms with Crippen molar-refractivity contribution in [1.29, 1.82) is 0 Å². The number of fused-ring (bicyclic) bond motifs is 9. The SMILES string of the molecule is O=C1C(=O)N2CCN1CCN(/[N+]([O-])=N/[O-])CCN(/[N+]([O-])=[NH+]/[O-])CC2.[Na+].[Na+]. The van der Waals surface area contributed by atoms with Gasteiger partial charge < -0.3 is 30.6 Å². The number of amides is 2. The summed E-state index contributed by atoms with van der Waals surface area (Å²) in [5.74, 6) is -1.43. The Labute approximate surface area is 192 Å². The average Bonchev–Trinajstić information content (AvgIpc) is 2.59. The van der Waals surface area contributed by atoms with E-state index in [2.05, 4.69) is 5.28 Å². The van der Waals surface area contributed by atoms with Crippen LogP contribution >= 0.6 is 0 Å². The van der Waals surface area contributed by atoms with E-state index in [1.54, 1.807) is 0 Å². The van der Waals surface area contributed by atoms with E-state index in [1.807, 2.05) is 0 Å². The molecule has 26 heavy (non-hydrogen) atoms. The third-order valence-electron chi connectivity index (χ3n) is 3.92. The second kappa shape index (κ2) is 11.6. The van der Waals surface area contributed by atoms with E-state index in [-0.39, 0.29) is 121 Å². The van der Waals surface area contributed by atoms with Crippen LogP contribution in [0.25, 0.3) is 0 Å². The van der Waals surface area contributed by atoms with Crippen LogP contribution in [0.3, 0.4) is 0 Å². The van der Waals surface area contributed by atoms with Crippen molar-refractivity contribution in [3.63, 3.8) is 0 Å². The van der Waals surface area contributed by atoms with Gasteiger partial charge in [0.25, 0.3) is 0 Å². The van der Waals surface area contributed by atoms with Crippen LogP contribution in [-0.4, -0.2) is 93.9 Å². The summed E-state index contributed by atoms with van der Waals surface area (Å²) in [4.78, 5) is 26.4. The second-order valence-electron chi connectivity index (χ2n) is 5.19. The monoisotopic (exact) mass is 391 g/mol. The molecule has 2 amide bonds. The zero-order valence-electron chi connectivity index (χ0n) is 14.7. The van der Waals surface area contributed by atoms with Crippen molar-refractivity contribution in [3.8, 4) is 0 Å². The molecule has 3 saturated heterocycles. The summed E-state index contributed by atoms with van der Waals surface area (Å²) in [5, 5.41) is 49.4. The molecular weight excluding hydrogens is 374 g/mol. The van der Waals surface area contributed by atoms with E-state index in [0.29, 0.717) is 0 Å². The molecule has 1 N–H and O–H groups in total. The zero-order valence-corrected chi connectivity index (χ0v) is 18.7. The second-order valence-corrected chi connectivity index (χ2v) is 5.19. The molecule has 3 rings (SSSR count). The Morgan fingerprint density at radius 3 is 1.65 bits per heavy atom. The van der Waals surface area contributed by atoms with Gasteiger partial charge in [0.1, 0.15) is 6.54 Å². The molecule has 3 aliphatic heterocycles. The molecule has 14 nitrogen and oxygen atoms in total. The molecule has 134 valence electrons. The topological polar surface area (TPSA) is 172 Å². The fourth-order valence-corrected chi connectivity index (χ4v) is 2.53. The molecule has 3 aliphatic rings. The van der Waals surface area contributed by atoms with E-state index in [0.717, 1.165) is 15.3 Å². The maximum absolute atomic E-state index is 12.0. The molecule has 2 bridgehead atoms. The summed E-state index contributed by atoms with van der Waals surface area (Å²) >= 11 is 0. The van der Waals surface area contributed by atoms with Crippen molar-refractivity contribution in [2.24, 2.45) is 5.28 Å². The van der Waals surface area contributed by atoms with Crippen molar-refractivity contribution < 1.29 is 83.9 Å². The molecule has 0 aromatic rings. The number of carbonyl (C=O) groups excluding carboxylic acids is 2. The Balaban J connectivity index is 0.00000312. The quantitative estimate of drug-likeness (QED) is 0.159. The molecule has 16 heteroatoms. The number of hydrogen-bond acceptors (Lipinski definition) is 7. The summed E-state index contributed by atoms with van der Waals surface area (Å²) in [5.41, 5.74) is 0. The third-order valence-corrected chi connectivity index (χ3v) is 3.92. The minimum absolute atomic E-state index is 0. The van der Waals surface area contributed by atoms with Crippen molar-refractivity contribution in [1.82, 2.24) is 19.8 Å². The number of hydrazine groups is 2. The number of rotatable bonds is 2. The maximum atomic E-state index is 12.0. The Hall–Kier alpha value is -1.06. The Morgan fingerprint density at radius 2 is 1.19 bits per heavy atom. The first-order valence-corrected chi connectivity index (χ1v) is 7.21. The van der Waals surface area contributed by atoms with E-state index in [9.17, 15) is 30.4 Å². The summed E-state index contributed by atoms with van der Waals surface area (Å²) in [7, 11) is 0. The predicted molar refractivity (Wildman–Crippen MR) is 73.7 cm³/mol. The van der Waals surface area contributed by atoms with Gasteiger partial charge >= 0.3 is 70.9 Å². The fourth-order valence-electron chi connectivity index (χ4n) is 2.53. The van der Waals surface area contributed by atoms with Gasteiger partial charge in [0, 0.05) is 24.6 Å². The summed E-state index contributed by atoms with van der Waals surface area (Å²) < 4.78 is 0. The first-order chi connectivity index (χ1) is 11.5. The van der Waals surface area contributed by atoms with Crippen molar-refractivity contribution in [3.05, 3.63) is 20.8 Å². The van der Waals surface area contributed by atoms with Gasteiger partial charge in [0.15, 0.2) is 18.1 Å². The van der Waals surface area contributed by atoms with Crippen LogP contribution in [0.5, 0.6) is 0 Å². The number of nitrogens with zero attached hydrogens (tertiary/aromatic N) is 7. The third kappa shape index (κ3) is 5.99. The van der Waals surface area contributed by atoms with E-state index < -0.39 is 11.8 Å². The molecule has 0 aromatic carbocycles. The number of hydrogen-bond donors (Lipinski definition) is 1. The Morgan fingerprint density at radius 1 is 0.808 bits per heavy atom. The van der Waals surface area contributed by atoms with Gasteiger partial charge in [-0.25, -0.2) is 0 Å². The van der Waals surface area contributed by atoms with Crippen LogP contribution in [0.15, 0.2) is 5.28 Å². The molecule has 0 saturated carbocycles. The van der Waals surface area contributed by atoms with Gasteiger partial charge in [-0.3, -0.25) is 9.59 Å². The van der Waals surface area contributed by atoms with Crippen molar-refractivity contribution >= 4 is 11.8 Å². The van der Waals surface area contributed by atoms with Gasteiger partial charge in [-0.15, -0.1) is 5.01 Å². The Bertz CT molecular complexity index is 512. The van der Waals surface area contributed by atoms with Crippen LogP contribution in [0.1, 0.15) is 0 Å². The first kappa shape index (κ1) is 24.9. The smallest absolute Gasteiger partial charge is 0.737 e. The molecular formula is C10H17N8Na2O6+. The van der Waals surface area contributed by atoms with Gasteiger partial charge in [-0.2, -0.15) is 0 Å². The minimum Gasteiger partial charge on any atom is -0.737 e. The van der Waals surface area contributed by atoms with Crippen LogP contribution in [0.4, 0.5) is 0 Å². The number of piperazine rings is 1. The molecule has 0 atom stereocenters. The Kier molecular flexibility index (Phi) is 11.1. The van der Waals surface area contributed by atoms with Crippen molar-refractivity contribution in [2.75, 3.05) is 52.4 Å². The molecule has 3 fully saturated rings. The van der Waals surface area contributed by atoms with Crippen LogP contribution in [0, 0.1) is 20.8 Å². The van der Waals surface area contributed by atoms with Crippen LogP contribution in [0.2, 0.25) is 0 Å². The minimum atomic E-state index is -0.717. The summed E-state index contributed by atoms with van der Waals surface area (Å²) in [6.45, 7) is 0.431.